The lowest BCUT2D eigenvalue weighted by Gasteiger charge is -2.12. The molecular formula is C22H21N3O5. The molecule has 8 nitrogen and oxygen atoms in total. The number of non-ortho nitro benzene ring substituents is 1. The molecule has 1 aliphatic rings. The zero-order valence-electron chi connectivity index (χ0n) is 16.9. The minimum Gasteiger partial charge on any atom is -0.459 e. The Hall–Kier alpha value is -3.94. The monoisotopic (exact) mass is 407 g/mol. The molecular weight excluding hydrogens is 386 g/mol. The number of nitrogens with one attached hydrogen (secondary N) is 1. The molecule has 2 aromatic rings. The van der Waals surface area contributed by atoms with E-state index in [-0.39, 0.29) is 17.4 Å². The molecule has 154 valence electrons. The summed E-state index contributed by atoms with van der Waals surface area (Å²) in [4.78, 5) is 32.2. The maximum Gasteiger partial charge on any atom is 0.283 e. The van der Waals surface area contributed by atoms with E-state index < -0.39 is 4.92 Å². The maximum absolute atomic E-state index is 12.4. The van der Waals surface area contributed by atoms with E-state index in [1.165, 1.54) is 18.4 Å². The Morgan fingerprint density at radius 3 is 2.57 bits per heavy atom. The lowest BCUT2D eigenvalue weighted by atomic mass is 9.95. The minimum atomic E-state index is -0.468. The van der Waals surface area contributed by atoms with Crippen LogP contribution in [0.3, 0.4) is 0 Å². The second-order valence-electron chi connectivity index (χ2n) is 6.69. The molecule has 8 heteroatoms. The van der Waals surface area contributed by atoms with Crippen molar-refractivity contribution in [3.8, 4) is 5.75 Å². The molecule has 30 heavy (non-hydrogen) atoms. The molecule has 0 radical (unpaired) electrons. The fraction of sp³-hybridized carbons (Fsp3) is 0.182. The Morgan fingerprint density at radius 2 is 1.93 bits per heavy atom. The number of amidine groups is 1. The molecule has 0 bridgehead atoms. The average molecular weight is 407 g/mol. The number of nitrogens with zero attached hydrogens (tertiary/aromatic N) is 2. The van der Waals surface area contributed by atoms with Gasteiger partial charge in [-0.15, -0.1) is 0 Å². The minimum absolute atomic E-state index is 0.00681. The van der Waals surface area contributed by atoms with Gasteiger partial charge in [-0.2, -0.15) is 4.99 Å². The number of allylic oxidation sites excluding steroid dienone is 1. The first-order chi connectivity index (χ1) is 14.3. The highest BCUT2D eigenvalue weighted by atomic mass is 16.7. The summed E-state index contributed by atoms with van der Waals surface area (Å²) in [6.07, 6.45) is 1.95. The van der Waals surface area contributed by atoms with Crippen molar-refractivity contribution in [3.63, 3.8) is 0 Å². The van der Waals surface area contributed by atoms with Crippen molar-refractivity contribution in [2.45, 2.75) is 27.2 Å². The fourth-order valence-electron chi connectivity index (χ4n) is 2.81. The molecule has 1 aliphatic heterocycles. The van der Waals surface area contributed by atoms with Crippen LogP contribution in [-0.2, 0) is 4.84 Å². The van der Waals surface area contributed by atoms with E-state index in [4.69, 9.17) is 9.57 Å². The van der Waals surface area contributed by atoms with Crippen LogP contribution < -0.4 is 10.2 Å². The molecule has 0 amide bonds. The number of Topliss-reactive ketones (excluding diaryl/α,β-unsaturated/α-hetero) is 1. The Balaban J connectivity index is 1.76. The zero-order valence-corrected chi connectivity index (χ0v) is 16.9. The molecule has 0 fully saturated rings. The standard InChI is InChI=1S/C22H21N3O5/c1-5-13(2)21(26)18-10-11-19(15(4)14(18)3)29-12-20-23-22(24-30-20)16-6-8-17(9-7-16)25(27)28/h6-12H,2,5H2,1,3-4H3,(H,23,24). The van der Waals surface area contributed by atoms with Gasteiger partial charge < -0.3 is 9.57 Å². The first kappa shape index (κ1) is 20.8. The SMILES string of the molecule is C=C(CC)C(=O)c1ccc(OC=C2N=C(c3ccc([N+](=O)[O-])cc3)NO2)c(C)c1C. The topological polar surface area (TPSA) is 103 Å². The number of hydrogen-bond donors (Lipinski definition) is 1. The van der Waals surface area contributed by atoms with Gasteiger partial charge in [-0.25, -0.2) is 5.48 Å². The average Bonchev–Trinajstić information content (AvgIpc) is 3.23. The first-order valence-electron chi connectivity index (χ1n) is 9.27. The summed E-state index contributed by atoms with van der Waals surface area (Å²) in [6.45, 7) is 9.45. The van der Waals surface area contributed by atoms with Gasteiger partial charge in [0.05, 0.1) is 4.92 Å². The second-order valence-corrected chi connectivity index (χ2v) is 6.69. The largest absolute Gasteiger partial charge is 0.459 e. The van der Waals surface area contributed by atoms with Crippen molar-refractivity contribution < 1.29 is 19.3 Å². The van der Waals surface area contributed by atoms with Crippen LogP contribution in [0.2, 0.25) is 0 Å². The number of hydrogen-bond acceptors (Lipinski definition) is 7. The van der Waals surface area contributed by atoms with Crippen LogP contribution in [-0.4, -0.2) is 16.5 Å². The van der Waals surface area contributed by atoms with Crippen LogP contribution in [0, 0.1) is 24.0 Å². The van der Waals surface area contributed by atoms with E-state index in [0.717, 1.165) is 11.1 Å². The Morgan fingerprint density at radius 1 is 1.23 bits per heavy atom. The summed E-state index contributed by atoms with van der Waals surface area (Å²) >= 11 is 0. The van der Waals surface area contributed by atoms with Crippen LogP contribution in [0.25, 0.3) is 0 Å². The van der Waals surface area contributed by atoms with Crippen LogP contribution >= 0.6 is 0 Å². The predicted molar refractivity (Wildman–Crippen MR) is 112 cm³/mol. The van der Waals surface area contributed by atoms with Crippen molar-refractivity contribution in [3.05, 3.63) is 93.1 Å². The van der Waals surface area contributed by atoms with E-state index in [2.05, 4.69) is 17.1 Å². The normalized spacial score (nSPS) is 14.0. The van der Waals surface area contributed by atoms with Crippen molar-refractivity contribution in [1.29, 1.82) is 0 Å². The molecule has 0 unspecified atom stereocenters. The molecule has 1 heterocycles. The zero-order chi connectivity index (χ0) is 21.8. The Kier molecular flexibility index (Phi) is 5.96. The molecule has 1 N–H and O–H groups in total. The van der Waals surface area contributed by atoms with Gasteiger partial charge in [0.15, 0.2) is 17.9 Å². The van der Waals surface area contributed by atoms with Crippen molar-refractivity contribution >= 4 is 17.3 Å². The van der Waals surface area contributed by atoms with E-state index in [1.54, 1.807) is 24.3 Å². The number of rotatable bonds is 7. The summed E-state index contributed by atoms with van der Waals surface area (Å²) in [5, 5.41) is 10.8. The van der Waals surface area contributed by atoms with E-state index in [1.807, 2.05) is 20.8 Å². The number of ether oxygens (including phenoxy) is 1. The van der Waals surface area contributed by atoms with Crippen LogP contribution in [0.4, 0.5) is 5.69 Å². The fourth-order valence-corrected chi connectivity index (χ4v) is 2.81. The molecule has 0 atom stereocenters. The summed E-state index contributed by atoms with van der Waals surface area (Å²) < 4.78 is 5.70. The van der Waals surface area contributed by atoms with Crippen molar-refractivity contribution in [2.75, 3.05) is 0 Å². The number of nitro groups is 1. The molecule has 0 aromatic heterocycles. The van der Waals surface area contributed by atoms with Gasteiger partial charge in [-0.05, 0) is 61.2 Å². The van der Waals surface area contributed by atoms with Crippen LogP contribution in [0.15, 0.2) is 65.7 Å². The quantitative estimate of drug-likeness (QED) is 0.238. The first-order valence-corrected chi connectivity index (χ1v) is 9.27. The summed E-state index contributed by atoms with van der Waals surface area (Å²) in [7, 11) is 0. The van der Waals surface area contributed by atoms with Crippen LogP contribution in [0.1, 0.15) is 40.4 Å². The third-order valence-corrected chi connectivity index (χ3v) is 4.84. The summed E-state index contributed by atoms with van der Waals surface area (Å²) in [6, 6.07) is 9.37. The number of nitro benzene ring substituents is 1. The number of hydroxylamine groups is 1. The maximum atomic E-state index is 12.4. The van der Waals surface area contributed by atoms with E-state index in [9.17, 15) is 14.9 Å². The van der Waals surface area contributed by atoms with E-state index in [0.29, 0.717) is 34.7 Å². The lowest BCUT2D eigenvalue weighted by Crippen LogP contribution is -2.17. The third-order valence-electron chi connectivity index (χ3n) is 4.84. The lowest BCUT2D eigenvalue weighted by molar-refractivity contribution is -0.384. The number of aliphatic imine (C=N–C) groups is 1. The van der Waals surface area contributed by atoms with Gasteiger partial charge in [0, 0.05) is 23.3 Å². The van der Waals surface area contributed by atoms with Crippen molar-refractivity contribution in [1.82, 2.24) is 5.48 Å². The van der Waals surface area contributed by atoms with Gasteiger partial charge in [-0.1, -0.05) is 13.5 Å². The molecule has 0 spiro atoms. The number of carbonyl (C=O) groups is 1. The highest BCUT2D eigenvalue weighted by Crippen LogP contribution is 2.27. The second kappa shape index (κ2) is 8.60. The Labute approximate surface area is 173 Å². The summed E-state index contributed by atoms with van der Waals surface area (Å²) in [5.41, 5.74) is 6.10. The predicted octanol–water partition coefficient (Wildman–Crippen LogP) is 4.52. The third kappa shape index (κ3) is 4.22. The number of carbonyl (C=O) groups excluding carboxylic acids is 1. The number of benzene rings is 2. The molecule has 2 aromatic carbocycles. The molecule has 0 saturated carbocycles. The highest BCUT2D eigenvalue weighted by Gasteiger charge is 2.18. The Bertz CT molecular complexity index is 1080. The van der Waals surface area contributed by atoms with Crippen molar-refractivity contribution in [2.24, 2.45) is 4.99 Å². The molecule has 0 saturated heterocycles. The molecule has 0 aliphatic carbocycles. The molecule has 3 rings (SSSR count). The van der Waals surface area contributed by atoms with E-state index >= 15 is 0 Å². The van der Waals surface area contributed by atoms with Gasteiger partial charge in [0.1, 0.15) is 5.75 Å². The van der Waals surface area contributed by atoms with Gasteiger partial charge in [-0.3, -0.25) is 14.9 Å². The van der Waals surface area contributed by atoms with Gasteiger partial charge >= 0.3 is 0 Å². The highest BCUT2D eigenvalue weighted by molar-refractivity contribution is 6.09. The smallest absolute Gasteiger partial charge is 0.283 e. The summed E-state index contributed by atoms with van der Waals surface area (Å²) in [5.74, 6) is 1.11. The van der Waals surface area contributed by atoms with Gasteiger partial charge in [0.25, 0.3) is 11.6 Å². The number of ketones is 1. The van der Waals surface area contributed by atoms with Crippen LogP contribution in [0.5, 0.6) is 5.75 Å². The van der Waals surface area contributed by atoms with Gasteiger partial charge in [0.2, 0.25) is 0 Å².